The zero-order valence-electron chi connectivity index (χ0n) is 12.1. The largest absolute Gasteiger partial charge is 0.374 e. The summed E-state index contributed by atoms with van der Waals surface area (Å²) in [6.07, 6.45) is 0.228. The predicted molar refractivity (Wildman–Crippen MR) is 85.5 cm³/mol. The third kappa shape index (κ3) is 2.61. The molecule has 108 valence electrons. The van der Waals surface area contributed by atoms with E-state index in [1.807, 2.05) is 11.3 Å². The van der Waals surface area contributed by atoms with Crippen molar-refractivity contribution in [2.45, 2.75) is 19.1 Å². The molecule has 1 aromatic carbocycles. The number of nitrogens with one attached hydrogen (secondary N) is 1. The van der Waals surface area contributed by atoms with Gasteiger partial charge < -0.3 is 10.1 Å². The Labute approximate surface area is 124 Å². The first-order valence-corrected chi connectivity index (χ1v) is 8.18. The summed E-state index contributed by atoms with van der Waals surface area (Å²) in [5.41, 5.74) is 1.41. The van der Waals surface area contributed by atoms with Crippen LogP contribution in [0.1, 0.15) is 18.5 Å². The van der Waals surface area contributed by atoms with E-state index in [1.165, 1.54) is 15.6 Å². The molecule has 4 heteroatoms. The predicted octanol–water partition coefficient (Wildman–Crippen LogP) is 2.88. The monoisotopic (exact) mass is 290 g/mol. The van der Waals surface area contributed by atoms with Crippen LogP contribution in [0.15, 0.2) is 29.6 Å². The molecule has 1 aromatic heterocycles. The van der Waals surface area contributed by atoms with Gasteiger partial charge in [0.1, 0.15) is 0 Å². The van der Waals surface area contributed by atoms with Gasteiger partial charge >= 0.3 is 0 Å². The lowest BCUT2D eigenvalue weighted by molar-refractivity contribution is -0.0605. The van der Waals surface area contributed by atoms with Crippen molar-refractivity contribution >= 4 is 21.4 Å². The molecule has 1 fully saturated rings. The van der Waals surface area contributed by atoms with Crippen LogP contribution in [0.2, 0.25) is 0 Å². The van der Waals surface area contributed by atoms with Gasteiger partial charge in [-0.05, 0) is 36.0 Å². The molecule has 2 unspecified atom stereocenters. The molecule has 3 rings (SSSR count). The van der Waals surface area contributed by atoms with Crippen molar-refractivity contribution in [2.24, 2.45) is 0 Å². The van der Waals surface area contributed by atoms with Crippen LogP contribution in [-0.4, -0.2) is 44.3 Å². The van der Waals surface area contributed by atoms with Gasteiger partial charge in [-0.3, -0.25) is 4.90 Å². The Bertz CT molecular complexity index is 568. The summed E-state index contributed by atoms with van der Waals surface area (Å²) in [4.78, 5) is 2.43. The van der Waals surface area contributed by atoms with Crippen molar-refractivity contribution in [3.63, 3.8) is 0 Å². The van der Waals surface area contributed by atoms with Crippen molar-refractivity contribution in [2.75, 3.05) is 33.3 Å². The smallest absolute Gasteiger partial charge is 0.0896 e. The summed E-state index contributed by atoms with van der Waals surface area (Å²) in [5, 5.41) is 7.11. The summed E-state index contributed by atoms with van der Waals surface area (Å²) in [5.74, 6) is 0. The van der Waals surface area contributed by atoms with Crippen LogP contribution >= 0.6 is 11.3 Å². The lowest BCUT2D eigenvalue weighted by Crippen LogP contribution is -2.47. The van der Waals surface area contributed by atoms with E-state index in [2.05, 4.69) is 53.8 Å². The minimum atomic E-state index is 0.228. The first kappa shape index (κ1) is 14.0. The van der Waals surface area contributed by atoms with Crippen molar-refractivity contribution < 1.29 is 4.74 Å². The van der Waals surface area contributed by atoms with Gasteiger partial charge in [0, 0.05) is 17.8 Å². The first-order valence-electron chi connectivity index (χ1n) is 7.30. The number of rotatable bonds is 4. The zero-order chi connectivity index (χ0) is 13.9. The summed E-state index contributed by atoms with van der Waals surface area (Å²) >= 11 is 1.83. The number of benzene rings is 1. The van der Waals surface area contributed by atoms with Crippen LogP contribution in [-0.2, 0) is 4.74 Å². The van der Waals surface area contributed by atoms with Crippen LogP contribution in [0.4, 0.5) is 0 Å². The van der Waals surface area contributed by atoms with Gasteiger partial charge in [-0.25, -0.2) is 0 Å². The summed E-state index contributed by atoms with van der Waals surface area (Å²) in [6.45, 7) is 5.86. The van der Waals surface area contributed by atoms with E-state index in [0.717, 1.165) is 26.2 Å². The third-order valence-electron chi connectivity index (χ3n) is 4.03. The minimum absolute atomic E-state index is 0.228. The van der Waals surface area contributed by atoms with E-state index in [-0.39, 0.29) is 6.10 Å². The highest BCUT2D eigenvalue weighted by molar-refractivity contribution is 7.17. The fourth-order valence-electron chi connectivity index (χ4n) is 2.98. The Hall–Kier alpha value is -0.940. The molecule has 1 aliphatic heterocycles. The highest BCUT2D eigenvalue weighted by Gasteiger charge is 2.32. The molecule has 20 heavy (non-hydrogen) atoms. The number of nitrogens with zero attached hydrogens (tertiary/aromatic N) is 1. The Morgan fingerprint density at radius 3 is 3.10 bits per heavy atom. The fraction of sp³-hybridized carbons (Fsp3) is 0.500. The van der Waals surface area contributed by atoms with Gasteiger partial charge in [-0.2, -0.15) is 0 Å². The molecule has 2 heterocycles. The highest BCUT2D eigenvalue weighted by Crippen LogP contribution is 2.36. The highest BCUT2D eigenvalue weighted by atomic mass is 32.1. The van der Waals surface area contributed by atoms with Gasteiger partial charge in [0.05, 0.1) is 18.8 Å². The molecule has 3 nitrogen and oxygen atoms in total. The molecule has 0 aliphatic carbocycles. The second-order valence-electron chi connectivity index (χ2n) is 5.33. The SMILES string of the molecule is CCNCC1OCCN(C)C1c1csc2ccccc12. The molecule has 0 radical (unpaired) electrons. The molecule has 0 amide bonds. The molecule has 0 saturated carbocycles. The quantitative estimate of drug-likeness (QED) is 0.937. The molecule has 1 aliphatic rings. The Morgan fingerprint density at radius 1 is 1.40 bits per heavy atom. The second kappa shape index (κ2) is 6.22. The molecule has 2 aromatic rings. The summed E-state index contributed by atoms with van der Waals surface area (Å²) in [7, 11) is 2.21. The number of hydrogen-bond donors (Lipinski definition) is 1. The standard InChI is InChI=1S/C16H22N2OS/c1-3-17-10-14-16(18(2)8-9-19-14)13-11-20-15-7-5-4-6-12(13)15/h4-7,11,14,16-17H,3,8-10H2,1-2H3. The van der Waals surface area contributed by atoms with Crippen LogP contribution in [0, 0.1) is 0 Å². The van der Waals surface area contributed by atoms with E-state index in [4.69, 9.17) is 4.74 Å². The maximum atomic E-state index is 6.04. The van der Waals surface area contributed by atoms with Crippen LogP contribution in [0.3, 0.4) is 0 Å². The normalized spacial score (nSPS) is 24.3. The van der Waals surface area contributed by atoms with E-state index in [9.17, 15) is 0 Å². The topological polar surface area (TPSA) is 24.5 Å². The van der Waals surface area contributed by atoms with Gasteiger partial charge in [-0.15, -0.1) is 11.3 Å². The maximum absolute atomic E-state index is 6.04. The first-order chi connectivity index (χ1) is 9.81. The summed E-state index contributed by atoms with van der Waals surface area (Å²) < 4.78 is 7.40. The third-order valence-corrected chi connectivity index (χ3v) is 5.01. The number of hydrogen-bond acceptors (Lipinski definition) is 4. The Morgan fingerprint density at radius 2 is 2.25 bits per heavy atom. The summed E-state index contributed by atoms with van der Waals surface area (Å²) in [6, 6.07) is 9.01. The molecule has 1 saturated heterocycles. The lowest BCUT2D eigenvalue weighted by atomic mass is 9.98. The average molecular weight is 290 g/mol. The van der Waals surface area contributed by atoms with Crippen LogP contribution < -0.4 is 5.32 Å². The molecular weight excluding hydrogens is 268 g/mol. The van der Waals surface area contributed by atoms with Crippen LogP contribution in [0.5, 0.6) is 0 Å². The average Bonchev–Trinajstić information content (AvgIpc) is 2.89. The van der Waals surface area contributed by atoms with Crippen molar-refractivity contribution in [1.82, 2.24) is 10.2 Å². The number of ether oxygens (including phenoxy) is 1. The zero-order valence-corrected chi connectivity index (χ0v) is 13.0. The molecule has 0 bridgehead atoms. The van der Waals surface area contributed by atoms with Gasteiger partial charge in [0.25, 0.3) is 0 Å². The number of morpholine rings is 1. The molecule has 0 spiro atoms. The van der Waals surface area contributed by atoms with Crippen molar-refractivity contribution in [1.29, 1.82) is 0 Å². The van der Waals surface area contributed by atoms with E-state index in [0.29, 0.717) is 6.04 Å². The van der Waals surface area contributed by atoms with Crippen molar-refractivity contribution in [3.05, 3.63) is 35.2 Å². The van der Waals surface area contributed by atoms with E-state index < -0.39 is 0 Å². The number of fused-ring (bicyclic) bond motifs is 1. The van der Waals surface area contributed by atoms with Crippen molar-refractivity contribution in [3.8, 4) is 0 Å². The number of likely N-dealkylation sites (N-methyl/N-ethyl adjacent to an activating group) is 2. The van der Waals surface area contributed by atoms with E-state index >= 15 is 0 Å². The maximum Gasteiger partial charge on any atom is 0.0896 e. The van der Waals surface area contributed by atoms with Gasteiger partial charge in [0.15, 0.2) is 0 Å². The Kier molecular flexibility index (Phi) is 4.36. The molecule has 2 atom stereocenters. The molecule has 1 N–H and O–H groups in total. The number of thiophene rings is 1. The lowest BCUT2D eigenvalue weighted by Gasteiger charge is -2.39. The molecular formula is C16H22N2OS. The Balaban J connectivity index is 1.95. The second-order valence-corrected chi connectivity index (χ2v) is 6.24. The van der Waals surface area contributed by atoms with E-state index in [1.54, 1.807) is 0 Å². The van der Waals surface area contributed by atoms with Crippen LogP contribution in [0.25, 0.3) is 10.1 Å². The van der Waals surface area contributed by atoms with Gasteiger partial charge in [-0.1, -0.05) is 25.1 Å². The van der Waals surface area contributed by atoms with Gasteiger partial charge in [0.2, 0.25) is 0 Å². The minimum Gasteiger partial charge on any atom is -0.374 e. The fourth-order valence-corrected chi connectivity index (χ4v) is 3.97.